The average molecular weight is 160 g/mol. The van der Waals surface area contributed by atoms with Gasteiger partial charge in [0.2, 0.25) is 0 Å². The summed E-state index contributed by atoms with van der Waals surface area (Å²) in [6, 6.07) is 0.0827. The van der Waals surface area contributed by atoms with E-state index in [0.717, 1.165) is 6.42 Å². The van der Waals surface area contributed by atoms with Crippen molar-refractivity contribution in [1.29, 1.82) is 0 Å². The summed E-state index contributed by atoms with van der Waals surface area (Å²) in [5.74, 6) is 0. The molecule has 66 valence electrons. The smallest absolute Gasteiger partial charge is 0.139 e. The maximum atomic E-state index is 8.84. The first-order valence-corrected chi connectivity index (χ1v) is 3.97. The molecule has 0 aliphatic carbocycles. The van der Waals surface area contributed by atoms with Gasteiger partial charge < -0.3 is 14.9 Å². The molecule has 0 unspecified atom stereocenters. The fraction of sp³-hybridized carbons (Fsp3) is 1.00. The Morgan fingerprint density at radius 1 is 1.45 bits per heavy atom. The van der Waals surface area contributed by atoms with Crippen LogP contribution in [0.15, 0.2) is 0 Å². The molecule has 0 fully saturated rings. The zero-order valence-electron chi connectivity index (χ0n) is 7.50. The Bertz CT molecular complexity index is 104. The highest BCUT2D eigenvalue weighted by Crippen LogP contribution is 2.11. The standard InChI is InChI=1S/C7H17BO3/c1-3-6(8)11-7(2,4-9)5-10/h6,9-10H,3-5,8H2,1-2H3/t6-/m1/s1. The molecule has 0 bridgehead atoms. The highest BCUT2D eigenvalue weighted by atomic mass is 16.5. The molecule has 0 aliphatic rings. The third kappa shape index (κ3) is 3.75. The molecule has 1 atom stereocenters. The molecule has 3 nitrogen and oxygen atoms in total. The average Bonchev–Trinajstić information content (AvgIpc) is 2.04. The highest BCUT2D eigenvalue weighted by Gasteiger charge is 2.24. The van der Waals surface area contributed by atoms with Crippen LogP contribution in [0.3, 0.4) is 0 Å². The van der Waals surface area contributed by atoms with E-state index in [1.807, 2.05) is 14.8 Å². The van der Waals surface area contributed by atoms with Crippen LogP contribution in [0.5, 0.6) is 0 Å². The molecule has 0 spiro atoms. The molecule has 11 heavy (non-hydrogen) atoms. The van der Waals surface area contributed by atoms with Crippen LogP contribution in [0.2, 0.25) is 0 Å². The van der Waals surface area contributed by atoms with Gasteiger partial charge >= 0.3 is 0 Å². The SMILES string of the molecule is B[C@@H](CC)OC(C)(CO)CO. The Labute approximate surface area is 68.8 Å². The normalized spacial score (nSPS) is 14.9. The van der Waals surface area contributed by atoms with E-state index >= 15 is 0 Å². The molecule has 0 radical (unpaired) electrons. The van der Waals surface area contributed by atoms with Gasteiger partial charge in [0.1, 0.15) is 13.4 Å². The molecule has 0 saturated heterocycles. The molecule has 0 aromatic carbocycles. The van der Waals surface area contributed by atoms with E-state index in [0.29, 0.717) is 0 Å². The fourth-order valence-corrected chi connectivity index (χ4v) is 0.694. The van der Waals surface area contributed by atoms with E-state index in [1.54, 1.807) is 6.92 Å². The molecule has 0 aromatic heterocycles. The van der Waals surface area contributed by atoms with Crippen molar-refractivity contribution >= 4 is 7.85 Å². The Morgan fingerprint density at radius 2 is 1.91 bits per heavy atom. The van der Waals surface area contributed by atoms with Crippen LogP contribution in [0.1, 0.15) is 20.3 Å². The van der Waals surface area contributed by atoms with Crippen LogP contribution >= 0.6 is 0 Å². The van der Waals surface area contributed by atoms with E-state index in [-0.39, 0.29) is 19.2 Å². The minimum absolute atomic E-state index is 0.0827. The summed E-state index contributed by atoms with van der Waals surface area (Å²) in [5, 5.41) is 17.7. The summed E-state index contributed by atoms with van der Waals surface area (Å²) >= 11 is 0. The van der Waals surface area contributed by atoms with Crippen LogP contribution in [-0.4, -0.2) is 42.9 Å². The van der Waals surface area contributed by atoms with Gasteiger partial charge in [-0.1, -0.05) is 6.92 Å². The van der Waals surface area contributed by atoms with Crippen molar-refractivity contribution in [3.05, 3.63) is 0 Å². The molecule has 0 saturated carbocycles. The number of hydrogen-bond acceptors (Lipinski definition) is 3. The highest BCUT2D eigenvalue weighted by molar-refractivity contribution is 6.10. The number of hydrogen-bond donors (Lipinski definition) is 2. The minimum Gasteiger partial charge on any atom is -0.393 e. The van der Waals surface area contributed by atoms with Crippen molar-refractivity contribution in [2.75, 3.05) is 13.2 Å². The number of ether oxygens (including phenoxy) is 1. The van der Waals surface area contributed by atoms with Crippen molar-refractivity contribution in [2.24, 2.45) is 0 Å². The molecule has 0 aliphatic heterocycles. The molecular weight excluding hydrogens is 143 g/mol. The summed E-state index contributed by atoms with van der Waals surface area (Å²) in [7, 11) is 1.92. The van der Waals surface area contributed by atoms with Gasteiger partial charge in [0.15, 0.2) is 0 Å². The van der Waals surface area contributed by atoms with E-state index in [1.165, 1.54) is 0 Å². The summed E-state index contributed by atoms with van der Waals surface area (Å²) < 4.78 is 5.39. The van der Waals surface area contributed by atoms with Crippen molar-refractivity contribution in [1.82, 2.24) is 0 Å². The second kappa shape index (κ2) is 4.75. The van der Waals surface area contributed by atoms with Gasteiger partial charge in [-0.25, -0.2) is 0 Å². The van der Waals surface area contributed by atoms with Gasteiger partial charge in [-0.15, -0.1) is 0 Å². The summed E-state index contributed by atoms with van der Waals surface area (Å²) in [4.78, 5) is 0. The molecule has 0 rings (SSSR count). The van der Waals surface area contributed by atoms with Crippen LogP contribution < -0.4 is 0 Å². The lowest BCUT2D eigenvalue weighted by molar-refractivity contribution is -0.109. The predicted molar refractivity (Wildman–Crippen MR) is 46.3 cm³/mol. The van der Waals surface area contributed by atoms with Gasteiger partial charge in [0, 0.05) is 6.00 Å². The van der Waals surface area contributed by atoms with E-state index in [2.05, 4.69) is 0 Å². The third-order valence-electron chi connectivity index (χ3n) is 1.73. The Morgan fingerprint density at radius 3 is 2.18 bits per heavy atom. The maximum absolute atomic E-state index is 8.84. The first-order valence-electron chi connectivity index (χ1n) is 3.97. The largest absolute Gasteiger partial charge is 0.393 e. The Balaban J connectivity index is 3.86. The summed E-state index contributed by atoms with van der Waals surface area (Å²) in [6.45, 7) is 3.40. The molecule has 0 aromatic rings. The second-order valence-electron chi connectivity index (χ2n) is 3.10. The molecule has 0 heterocycles. The minimum atomic E-state index is -0.782. The number of aliphatic hydroxyl groups excluding tert-OH is 2. The zero-order chi connectivity index (χ0) is 8.91. The molecular formula is C7H17BO3. The third-order valence-corrected chi connectivity index (χ3v) is 1.73. The van der Waals surface area contributed by atoms with Crippen molar-refractivity contribution in [2.45, 2.75) is 31.9 Å². The van der Waals surface area contributed by atoms with Crippen LogP contribution in [0.4, 0.5) is 0 Å². The molecule has 4 heteroatoms. The molecule has 0 amide bonds. The zero-order valence-corrected chi connectivity index (χ0v) is 7.50. The number of rotatable bonds is 5. The monoisotopic (exact) mass is 160 g/mol. The Hall–Kier alpha value is -0.0551. The Kier molecular flexibility index (Phi) is 4.72. The van der Waals surface area contributed by atoms with Crippen molar-refractivity contribution < 1.29 is 14.9 Å². The second-order valence-corrected chi connectivity index (χ2v) is 3.10. The maximum Gasteiger partial charge on any atom is 0.139 e. The van der Waals surface area contributed by atoms with Crippen molar-refractivity contribution in [3.63, 3.8) is 0 Å². The summed E-state index contributed by atoms with van der Waals surface area (Å²) in [6.07, 6.45) is 0.885. The first-order chi connectivity index (χ1) is 5.08. The quantitative estimate of drug-likeness (QED) is 0.513. The van der Waals surface area contributed by atoms with Gasteiger partial charge in [0.25, 0.3) is 0 Å². The van der Waals surface area contributed by atoms with E-state index in [4.69, 9.17) is 14.9 Å². The first kappa shape index (κ1) is 10.9. The lowest BCUT2D eigenvalue weighted by Gasteiger charge is -2.28. The van der Waals surface area contributed by atoms with Crippen molar-refractivity contribution in [3.8, 4) is 0 Å². The van der Waals surface area contributed by atoms with E-state index in [9.17, 15) is 0 Å². The lowest BCUT2D eigenvalue weighted by Crippen LogP contribution is -2.40. The van der Waals surface area contributed by atoms with Gasteiger partial charge in [-0.05, 0) is 13.3 Å². The van der Waals surface area contributed by atoms with Crippen LogP contribution in [0, 0.1) is 0 Å². The predicted octanol–water partition coefficient (Wildman–Crippen LogP) is -0.885. The van der Waals surface area contributed by atoms with Crippen LogP contribution in [0.25, 0.3) is 0 Å². The van der Waals surface area contributed by atoms with E-state index < -0.39 is 5.60 Å². The van der Waals surface area contributed by atoms with Gasteiger partial charge in [-0.3, -0.25) is 0 Å². The summed E-state index contributed by atoms with van der Waals surface area (Å²) in [5.41, 5.74) is -0.782. The topological polar surface area (TPSA) is 49.7 Å². The van der Waals surface area contributed by atoms with Gasteiger partial charge in [0.05, 0.1) is 13.2 Å². The van der Waals surface area contributed by atoms with Gasteiger partial charge in [-0.2, -0.15) is 0 Å². The molecule has 2 N–H and O–H groups in total. The lowest BCUT2D eigenvalue weighted by atomic mass is 9.96. The fourth-order valence-electron chi connectivity index (χ4n) is 0.694. The van der Waals surface area contributed by atoms with Crippen LogP contribution in [-0.2, 0) is 4.74 Å². The number of aliphatic hydroxyl groups is 2.